The van der Waals surface area contributed by atoms with Crippen LogP contribution in [0.5, 0.6) is 5.75 Å². The minimum atomic E-state index is -0.613. The molecule has 0 amide bonds. The number of nitrogens with zero attached hydrogens (tertiary/aromatic N) is 3. The van der Waals surface area contributed by atoms with Crippen LogP contribution in [0.2, 0.25) is 0 Å². The summed E-state index contributed by atoms with van der Waals surface area (Å²) in [4.78, 5) is 5.32. The fourth-order valence-electron chi connectivity index (χ4n) is 2.69. The van der Waals surface area contributed by atoms with Gasteiger partial charge in [-0.15, -0.1) is 11.3 Å². The third kappa shape index (κ3) is 3.73. The maximum Gasteiger partial charge on any atom is 0.118 e. The number of rotatable bonds is 6. The summed E-state index contributed by atoms with van der Waals surface area (Å²) in [5.74, 6) is 0.806. The average molecular weight is 359 g/mol. The van der Waals surface area contributed by atoms with Crippen molar-refractivity contribution in [3.05, 3.63) is 51.6 Å². The van der Waals surface area contributed by atoms with Crippen molar-refractivity contribution in [1.29, 1.82) is 0 Å². The summed E-state index contributed by atoms with van der Waals surface area (Å²) in [6, 6.07) is 7.77. The Hall–Kier alpha value is -2.22. The smallest absolute Gasteiger partial charge is 0.118 e. The van der Waals surface area contributed by atoms with Crippen molar-refractivity contribution in [2.24, 2.45) is 0 Å². The molecule has 0 spiro atoms. The van der Waals surface area contributed by atoms with Gasteiger partial charge in [0.1, 0.15) is 5.75 Å². The highest BCUT2D eigenvalue weighted by atomic mass is 32.1. The van der Waals surface area contributed by atoms with Crippen LogP contribution in [-0.4, -0.2) is 32.1 Å². The van der Waals surface area contributed by atoms with Crippen LogP contribution in [-0.2, 0) is 13.2 Å². The number of methoxy groups -OCH3 is 1. The summed E-state index contributed by atoms with van der Waals surface area (Å²) < 4.78 is 6.95. The molecular formula is C18H21N3O3S. The predicted molar refractivity (Wildman–Crippen MR) is 96.7 cm³/mol. The lowest BCUT2D eigenvalue weighted by atomic mass is 10.1. The van der Waals surface area contributed by atoms with Gasteiger partial charge in [0.25, 0.3) is 0 Å². The van der Waals surface area contributed by atoms with E-state index >= 15 is 0 Å². The van der Waals surface area contributed by atoms with E-state index in [4.69, 9.17) is 4.74 Å². The highest BCUT2D eigenvalue weighted by molar-refractivity contribution is 7.12. The van der Waals surface area contributed by atoms with Gasteiger partial charge in [-0.25, -0.2) is 4.98 Å². The highest BCUT2D eigenvalue weighted by Gasteiger charge is 2.20. The third-order valence-corrected chi connectivity index (χ3v) is 5.03. The van der Waals surface area contributed by atoms with E-state index < -0.39 is 6.10 Å². The van der Waals surface area contributed by atoms with Crippen molar-refractivity contribution in [2.45, 2.75) is 33.1 Å². The molecule has 0 saturated heterocycles. The quantitative estimate of drug-likeness (QED) is 0.707. The molecule has 25 heavy (non-hydrogen) atoms. The first-order chi connectivity index (χ1) is 12.0. The zero-order chi connectivity index (χ0) is 18.0. The van der Waals surface area contributed by atoms with Crippen LogP contribution < -0.4 is 4.74 Å². The molecule has 1 aromatic carbocycles. The van der Waals surface area contributed by atoms with Gasteiger partial charge >= 0.3 is 0 Å². The second-order valence-electron chi connectivity index (χ2n) is 5.81. The lowest BCUT2D eigenvalue weighted by Crippen LogP contribution is -2.01. The molecule has 1 unspecified atom stereocenters. The Bertz CT molecular complexity index is 853. The van der Waals surface area contributed by atoms with Crippen molar-refractivity contribution in [3.63, 3.8) is 0 Å². The Kier molecular flexibility index (Phi) is 5.17. The number of aryl methyl sites for hydroxylation is 1. The van der Waals surface area contributed by atoms with Gasteiger partial charge in [-0.3, -0.25) is 4.68 Å². The number of aromatic nitrogens is 3. The Morgan fingerprint density at radius 1 is 1.28 bits per heavy atom. The Morgan fingerprint density at radius 2 is 2.00 bits per heavy atom. The molecule has 2 N–H and O–H groups in total. The van der Waals surface area contributed by atoms with E-state index in [-0.39, 0.29) is 6.61 Å². The largest absolute Gasteiger partial charge is 0.497 e. The third-order valence-electron chi connectivity index (χ3n) is 3.89. The number of aliphatic hydroxyl groups is 2. The van der Waals surface area contributed by atoms with E-state index in [2.05, 4.69) is 10.1 Å². The molecule has 1 atom stereocenters. The SMILES string of the molecule is COc1ccc(Cn2cc(-c3nc(C)sc3C(C)O)c(CO)n2)cc1. The van der Waals surface area contributed by atoms with Crippen molar-refractivity contribution < 1.29 is 14.9 Å². The van der Waals surface area contributed by atoms with Crippen LogP contribution in [0, 0.1) is 6.92 Å². The lowest BCUT2D eigenvalue weighted by molar-refractivity contribution is 0.203. The molecule has 2 aromatic heterocycles. The summed E-state index contributed by atoms with van der Waals surface area (Å²) in [5, 5.41) is 25.0. The van der Waals surface area contributed by atoms with Crippen LogP contribution in [0.3, 0.4) is 0 Å². The second kappa shape index (κ2) is 7.35. The highest BCUT2D eigenvalue weighted by Crippen LogP contribution is 2.34. The number of benzene rings is 1. The van der Waals surface area contributed by atoms with Crippen LogP contribution in [0.25, 0.3) is 11.3 Å². The summed E-state index contributed by atoms with van der Waals surface area (Å²) >= 11 is 1.46. The number of hydrogen-bond acceptors (Lipinski definition) is 6. The molecule has 3 rings (SSSR count). The summed E-state index contributed by atoms with van der Waals surface area (Å²) in [7, 11) is 1.64. The fourth-order valence-corrected chi connectivity index (χ4v) is 3.57. The molecule has 0 bridgehead atoms. The number of thiazole rings is 1. The molecule has 0 aliphatic heterocycles. The van der Waals surface area contributed by atoms with E-state index in [1.807, 2.05) is 37.4 Å². The molecule has 6 nitrogen and oxygen atoms in total. The van der Waals surface area contributed by atoms with Crippen molar-refractivity contribution in [2.75, 3.05) is 7.11 Å². The summed E-state index contributed by atoms with van der Waals surface area (Å²) in [5.41, 5.74) is 3.09. The first-order valence-corrected chi connectivity index (χ1v) is 8.79. The van der Waals surface area contributed by atoms with Crippen molar-refractivity contribution in [3.8, 4) is 17.0 Å². The predicted octanol–water partition coefficient (Wildman–Crippen LogP) is 2.92. The topological polar surface area (TPSA) is 80.4 Å². The Labute approximate surface area is 150 Å². The van der Waals surface area contributed by atoms with Crippen molar-refractivity contribution >= 4 is 11.3 Å². The average Bonchev–Trinajstić information content (AvgIpc) is 3.18. The Balaban J connectivity index is 1.94. The minimum Gasteiger partial charge on any atom is -0.497 e. The van der Waals surface area contributed by atoms with Gasteiger partial charge in [-0.2, -0.15) is 5.10 Å². The maximum absolute atomic E-state index is 10.0. The number of ether oxygens (including phenoxy) is 1. The van der Waals surface area contributed by atoms with Gasteiger partial charge < -0.3 is 14.9 Å². The number of aliphatic hydroxyl groups excluding tert-OH is 2. The molecule has 2 heterocycles. The minimum absolute atomic E-state index is 0.180. The second-order valence-corrected chi connectivity index (χ2v) is 7.05. The lowest BCUT2D eigenvalue weighted by Gasteiger charge is -2.04. The monoisotopic (exact) mass is 359 g/mol. The van der Waals surface area contributed by atoms with Gasteiger partial charge in [0.15, 0.2) is 0 Å². The van der Waals surface area contributed by atoms with Gasteiger partial charge in [-0.1, -0.05) is 12.1 Å². The zero-order valence-electron chi connectivity index (χ0n) is 14.4. The van der Waals surface area contributed by atoms with Crippen LogP contribution in [0.1, 0.15) is 34.2 Å². The standard InChI is InChI=1S/C18H21N3O3S/c1-11(23)18-17(19-12(2)25-18)15-9-21(20-16(15)10-22)8-13-4-6-14(24-3)7-5-13/h4-7,9,11,22-23H,8,10H2,1-3H3. The van der Waals surface area contributed by atoms with Crippen LogP contribution in [0.15, 0.2) is 30.5 Å². The van der Waals surface area contributed by atoms with E-state index in [1.165, 1.54) is 11.3 Å². The molecule has 0 aliphatic rings. The van der Waals surface area contributed by atoms with Gasteiger partial charge in [-0.05, 0) is 31.5 Å². The van der Waals surface area contributed by atoms with Crippen molar-refractivity contribution in [1.82, 2.24) is 14.8 Å². The van der Waals surface area contributed by atoms with E-state index in [0.29, 0.717) is 17.9 Å². The van der Waals surface area contributed by atoms with Crippen LogP contribution >= 0.6 is 11.3 Å². The van der Waals surface area contributed by atoms with E-state index in [1.54, 1.807) is 18.7 Å². The molecule has 3 aromatic rings. The van der Waals surface area contributed by atoms with Crippen LogP contribution in [0.4, 0.5) is 0 Å². The van der Waals surface area contributed by atoms with E-state index in [0.717, 1.165) is 26.8 Å². The van der Waals surface area contributed by atoms with Gasteiger partial charge in [0, 0.05) is 11.8 Å². The molecule has 0 aliphatic carbocycles. The first kappa shape index (κ1) is 17.6. The Morgan fingerprint density at radius 3 is 2.60 bits per heavy atom. The van der Waals surface area contributed by atoms with E-state index in [9.17, 15) is 10.2 Å². The fraction of sp³-hybridized carbons (Fsp3) is 0.333. The molecule has 0 radical (unpaired) electrons. The normalized spacial score (nSPS) is 12.4. The number of hydrogen-bond donors (Lipinski definition) is 2. The first-order valence-electron chi connectivity index (χ1n) is 7.97. The van der Waals surface area contributed by atoms with Gasteiger partial charge in [0.2, 0.25) is 0 Å². The molecular weight excluding hydrogens is 338 g/mol. The maximum atomic E-state index is 10.0. The summed E-state index contributed by atoms with van der Waals surface area (Å²) in [6.07, 6.45) is 1.26. The molecule has 0 fully saturated rings. The molecule has 132 valence electrons. The summed E-state index contributed by atoms with van der Waals surface area (Å²) in [6.45, 7) is 4.02. The molecule has 0 saturated carbocycles. The zero-order valence-corrected chi connectivity index (χ0v) is 15.2. The van der Waals surface area contributed by atoms with Gasteiger partial charge in [0.05, 0.1) is 47.6 Å². The molecule has 7 heteroatoms.